The Balaban J connectivity index is 1.66. The molecule has 0 radical (unpaired) electrons. The number of hydrogen-bond donors (Lipinski definition) is 2. The summed E-state index contributed by atoms with van der Waals surface area (Å²) in [6, 6.07) is 13.7. The second kappa shape index (κ2) is 10.9. The van der Waals surface area contributed by atoms with E-state index in [0.29, 0.717) is 22.3 Å². The molecule has 35 heavy (non-hydrogen) atoms. The second-order valence-electron chi connectivity index (χ2n) is 8.30. The molecule has 9 heteroatoms. The van der Waals surface area contributed by atoms with Gasteiger partial charge in [-0.3, -0.25) is 4.79 Å². The van der Waals surface area contributed by atoms with Crippen molar-refractivity contribution in [2.45, 2.75) is 0 Å². The first-order chi connectivity index (χ1) is 16.9. The van der Waals surface area contributed by atoms with E-state index in [1.54, 1.807) is 23.6 Å². The molecule has 0 saturated carbocycles. The third kappa shape index (κ3) is 5.79. The Morgan fingerprint density at radius 1 is 1.14 bits per heavy atom. The van der Waals surface area contributed by atoms with E-state index < -0.39 is 0 Å². The predicted molar refractivity (Wildman–Crippen MR) is 148 cm³/mol. The Labute approximate surface area is 214 Å². The summed E-state index contributed by atoms with van der Waals surface area (Å²) in [6.45, 7) is 5.17. The van der Waals surface area contributed by atoms with E-state index >= 15 is 0 Å². The number of nitrogens with one attached hydrogen (secondary N) is 2. The number of likely N-dealkylation sites (N-methyl/N-ethyl adjacent to an activating group) is 2. The van der Waals surface area contributed by atoms with Gasteiger partial charge in [-0.2, -0.15) is 0 Å². The molecule has 0 fully saturated rings. The lowest BCUT2D eigenvalue weighted by molar-refractivity contribution is -0.111. The standard InChI is InChI=1S/C26H27ClN6OS/c1-5-25(34)29-22-15-21(19(27)14-23(22)33(4)13-12-32(2)3)31-26-28-11-10-20(30-26)18-16-35-24-9-7-6-8-17(18)24/h5-11,14-16H,1,12-13H2,2-4H3,(H,29,34)(H,28,30,31). The summed E-state index contributed by atoms with van der Waals surface area (Å²) in [5.74, 6) is 0.109. The lowest BCUT2D eigenvalue weighted by Gasteiger charge is -2.25. The van der Waals surface area contributed by atoms with Gasteiger partial charge in [0.05, 0.1) is 27.8 Å². The zero-order chi connectivity index (χ0) is 24.9. The molecule has 0 aliphatic rings. The number of fused-ring (bicyclic) bond motifs is 1. The van der Waals surface area contributed by atoms with Crippen LogP contribution in [0.1, 0.15) is 0 Å². The van der Waals surface area contributed by atoms with Crippen LogP contribution in [0, 0.1) is 0 Å². The maximum atomic E-state index is 12.1. The van der Waals surface area contributed by atoms with Crippen LogP contribution in [0.15, 0.2) is 66.7 Å². The molecule has 0 spiro atoms. The van der Waals surface area contributed by atoms with Gasteiger partial charge in [0, 0.05) is 47.4 Å². The van der Waals surface area contributed by atoms with Crippen molar-refractivity contribution in [2.75, 3.05) is 49.8 Å². The van der Waals surface area contributed by atoms with E-state index in [9.17, 15) is 4.79 Å². The number of nitrogens with zero attached hydrogens (tertiary/aromatic N) is 4. The summed E-state index contributed by atoms with van der Waals surface area (Å²) in [5.41, 5.74) is 3.87. The maximum Gasteiger partial charge on any atom is 0.247 e. The molecule has 7 nitrogen and oxygen atoms in total. The number of carbonyl (C=O) groups is 1. The van der Waals surface area contributed by atoms with Crippen LogP contribution < -0.4 is 15.5 Å². The second-order valence-corrected chi connectivity index (χ2v) is 9.62. The van der Waals surface area contributed by atoms with Gasteiger partial charge < -0.3 is 20.4 Å². The Hall–Kier alpha value is -3.46. The molecule has 0 unspecified atom stereocenters. The smallest absolute Gasteiger partial charge is 0.247 e. The van der Waals surface area contributed by atoms with Crippen LogP contribution in [-0.2, 0) is 4.79 Å². The highest BCUT2D eigenvalue weighted by Gasteiger charge is 2.16. The summed E-state index contributed by atoms with van der Waals surface area (Å²) in [4.78, 5) is 25.4. The molecular formula is C26H27ClN6OS. The number of thiophene rings is 1. The monoisotopic (exact) mass is 506 g/mol. The fraction of sp³-hybridized carbons (Fsp3) is 0.192. The first-order valence-electron chi connectivity index (χ1n) is 11.0. The minimum atomic E-state index is -0.303. The molecule has 2 aromatic heterocycles. The normalized spacial score (nSPS) is 11.0. The third-order valence-electron chi connectivity index (χ3n) is 5.48. The minimum absolute atomic E-state index is 0.303. The van der Waals surface area contributed by atoms with Crippen molar-refractivity contribution in [3.8, 4) is 11.3 Å². The van der Waals surface area contributed by atoms with Crippen LogP contribution in [-0.4, -0.2) is 55.0 Å². The summed E-state index contributed by atoms with van der Waals surface area (Å²) in [7, 11) is 5.99. The fourth-order valence-corrected chi connectivity index (χ4v) is 4.75. The molecule has 4 aromatic rings. The van der Waals surface area contributed by atoms with Gasteiger partial charge in [0.1, 0.15) is 0 Å². The molecule has 0 aliphatic carbocycles. The molecule has 2 aromatic carbocycles. The third-order valence-corrected chi connectivity index (χ3v) is 6.76. The molecule has 4 rings (SSSR count). The van der Waals surface area contributed by atoms with E-state index in [1.165, 1.54) is 10.8 Å². The van der Waals surface area contributed by atoms with Gasteiger partial charge in [-0.05, 0) is 44.4 Å². The van der Waals surface area contributed by atoms with Crippen LogP contribution in [0.2, 0.25) is 5.02 Å². The van der Waals surface area contributed by atoms with Crippen molar-refractivity contribution in [3.63, 3.8) is 0 Å². The van der Waals surface area contributed by atoms with Crippen LogP contribution in [0.5, 0.6) is 0 Å². The molecule has 0 bridgehead atoms. The largest absolute Gasteiger partial charge is 0.372 e. The van der Waals surface area contributed by atoms with Crippen molar-refractivity contribution in [1.82, 2.24) is 14.9 Å². The Bertz CT molecular complexity index is 1370. The molecule has 2 N–H and O–H groups in total. The summed E-state index contributed by atoms with van der Waals surface area (Å²) in [5, 5.41) is 9.85. The molecule has 0 saturated heterocycles. The lowest BCUT2D eigenvalue weighted by atomic mass is 10.1. The molecule has 0 atom stereocenters. The molecule has 1 amide bonds. The van der Waals surface area contributed by atoms with E-state index in [1.807, 2.05) is 50.3 Å². The Morgan fingerprint density at radius 3 is 2.71 bits per heavy atom. The van der Waals surface area contributed by atoms with Gasteiger partial charge in [0.2, 0.25) is 11.9 Å². The number of halogens is 1. The number of carbonyl (C=O) groups excluding carboxylic acids is 1. The summed E-state index contributed by atoms with van der Waals surface area (Å²) < 4.78 is 1.20. The quantitative estimate of drug-likeness (QED) is 0.276. The topological polar surface area (TPSA) is 73.4 Å². The average molecular weight is 507 g/mol. The summed E-state index contributed by atoms with van der Waals surface area (Å²) >= 11 is 8.34. The van der Waals surface area contributed by atoms with Crippen LogP contribution in [0.3, 0.4) is 0 Å². The van der Waals surface area contributed by atoms with Crippen LogP contribution in [0.25, 0.3) is 21.3 Å². The minimum Gasteiger partial charge on any atom is -0.372 e. The predicted octanol–water partition coefficient (Wildman–Crippen LogP) is 5.88. The molecule has 180 valence electrons. The van der Waals surface area contributed by atoms with Gasteiger partial charge >= 0.3 is 0 Å². The van der Waals surface area contributed by atoms with Crippen molar-refractivity contribution < 1.29 is 4.79 Å². The molecule has 2 heterocycles. The Kier molecular flexibility index (Phi) is 7.65. The molecule has 0 aliphatic heterocycles. The highest BCUT2D eigenvalue weighted by atomic mass is 35.5. The van der Waals surface area contributed by atoms with E-state index in [2.05, 4.69) is 44.6 Å². The highest BCUT2D eigenvalue weighted by molar-refractivity contribution is 7.17. The van der Waals surface area contributed by atoms with E-state index in [4.69, 9.17) is 16.6 Å². The van der Waals surface area contributed by atoms with Crippen molar-refractivity contribution >= 4 is 61.9 Å². The number of benzene rings is 2. The van der Waals surface area contributed by atoms with Crippen LogP contribution >= 0.6 is 22.9 Å². The van der Waals surface area contributed by atoms with Gasteiger partial charge in [0.15, 0.2) is 0 Å². The SMILES string of the molecule is C=CC(=O)Nc1cc(Nc2nccc(-c3csc4ccccc34)n2)c(Cl)cc1N(C)CCN(C)C. The Morgan fingerprint density at radius 2 is 1.94 bits per heavy atom. The van der Waals surface area contributed by atoms with Gasteiger partial charge in [-0.1, -0.05) is 36.4 Å². The fourth-order valence-electron chi connectivity index (χ4n) is 3.59. The van der Waals surface area contributed by atoms with Crippen LogP contribution in [0.4, 0.5) is 23.0 Å². The maximum absolute atomic E-state index is 12.1. The number of anilines is 4. The van der Waals surface area contributed by atoms with Gasteiger partial charge in [-0.15, -0.1) is 11.3 Å². The van der Waals surface area contributed by atoms with Crippen molar-refractivity contribution in [2.24, 2.45) is 0 Å². The highest BCUT2D eigenvalue weighted by Crippen LogP contribution is 2.37. The lowest BCUT2D eigenvalue weighted by Crippen LogP contribution is -2.29. The van der Waals surface area contributed by atoms with Gasteiger partial charge in [-0.25, -0.2) is 9.97 Å². The number of rotatable bonds is 9. The zero-order valence-electron chi connectivity index (χ0n) is 19.9. The first kappa shape index (κ1) is 24.7. The van der Waals surface area contributed by atoms with Crippen molar-refractivity contribution in [1.29, 1.82) is 0 Å². The summed E-state index contributed by atoms with van der Waals surface area (Å²) in [6.07, 6.45) is 2.96. The number of hydrogen-bond acceptors (Lipinski definition) is 7. The zero-order valence-corrected chi connectivity index (χ0v) is 21.5. The van der Waals surface area contributed by atoms with Crippen molar-refractivity contribution in [3.05, 3.63) is 71.7 Å². The number of aromatic nitrogens is 2. The van der Waals surface area contributed by atoms with Gasteiger partial charge in [0.25, 0.3) is 0 Å². The molecular weight excluding hydrogens is 480 g/mol. The average Bonchev–Trinajstić information content (AvgIpc) is 3.28. The van der Waals surface area contributed by atoms with E-state index in [-0.39, 0.29) is 5.91 Å². The van der Waals surface area contributed by atoms with E-state index in [0.717, 1.165) is 35.4 Å². The number of amides is 1. The first-order valence-corrected chi connectivity index (χ1v) is 12.3.